The molecule has 0 atom stereocenters. The average Bonchev–Trinajstić information content (AvgIpc) is 2.29. The van der Waals surface area contributed by atoms with Crippen LogP contribution in [0.3, 0.4) is 0 Å². The molecule has 0 saturated carbocycles. The van der Waals surface area contributed by atoms with Gasteiger partial charge in [0.2, 0.25) is 0 Å². The van der Waals surface area contributed by atoms with Gasteiger partial charge < -0.3 is 10.8 Å². The predicted octanol–water partition coefficient (Wildman–Crippen LogP) is 1.02. The summed E-state index contributed by atoms with van der Waals surface area (Å²) in [6.07, 6.45) is 1.24. The fourth-order valence-corrected chi connectivity index (χ4v) is 1.06. The van der Waals surface area contributed by atoms with Gasteiger partial charge in [-0.2, -0.15) is 10.2 Å². The lowest BCUT2D eigenvalue weighted by Gasteiger charge is -2.00. The first kappa shape index (κ1) is 11.6. The van der Waals surface area contributed by atoms with Gasteiger partial charge >= 0.3 is 5.97 Å². The van der Waals surface area contributed by atoms with Gasteiger partial charge in [0.1, 0.15) is 5.70 Å². The molecule has 1 rings (SSSR count). The molecule has 0 bridgehead atoms. The van der Waals surface area contributed by atoms with Crippen molar-refractivity contribution in [2.45, 2.75) is 0 Å². The normalized spacial score (nSPS) is 12.2. The van der Waals surface area contributed by atoms with Crippen molar-refractivity contribution in [2.75, 3.05) is 0 Å². The highest BCUT2D eigenvalue weighted by Crippen LogP contribution is 2.04. The van der Waals surface area contributed by atoms with E-state index in [2.05, 4.69) is 16.9 Å². The number of allylic oxidation sites excluding steroid dienone is 1. The standard InChI is InChI=1S/C11H11N3O2/c1-13-14-10(7-9(12)11(15)16)8-5-3-2-4-6-8/h2-7H,1,12H2,(H,15,16). The Balaban J connectivity index is 3.13. The molecular weight excluding hydrogens is 206 g/mol. The molecule has 0 fully saturated rings. The second-order valence-electron chi connectivity index (χ2n) is 2.90. The highest BCUT2D eigenvalue weighted by molar-refractivity contribution is 6.11. The third-order valence-corrected chi connectivity index (χ3v) is 1.79. The van der Waals surface area contributed by atoms with Gasteiger partial charge in [-0.15, -0.1) is 0 Å². The third-order valence-electron chi connectivity index (χ3n) is 1.79. The summed E-state index contributed by atoms with van der Waals surface area (Å²) in [7, 11) is 0. The molecule has 0 saturated heterocycles. The van der Waals surface area contributed by atoms with Crippen molar-refractivity contribution >= 4 is 18.4 Å². The summed E-state index contributed by atoms with van der Waals surface area (Å²) in [6.45, 7) is 3.22. The molecule has 0 aliphatic carbocycles. The summed E-state index contributed by atoms with van der Waals surface area (Å²) < 4.78 is 0. The SMILES string of the molecule is C=NN=C(C=C(N)C(=O)O)c1ccccc1. The summed E-state index contributed by atoms with van der Waals surface area (Å²) in [6, 6.07) is 9.00. The van der Waals surface area contributed by atoms with E-state index in [0.717, 1.165) is 5.56 Å². The highest BCUT2D eigenvalue weighted by atomic mass is 16.4. The average molecular weight is 217 g/mol. The van der Waals surface area contributed by atoms with Crippen molar-refractivity contribution in [1.82, 2.24) is 0 Å². The minimum atomic E-state index is -1.20. The van der Waals surface area contributed by atoms with Crippen LogP contribution in [0.25, 0.3) is 0 Å². The lowest BCUT2D eigenvalue weighted by atomic mass is 10.1. The summed E-state index contributed by atoms with van der Waals surface area (Å²) in [5, 5.41) is 15.7. The zero-order chi connectivity index (χ0) is 12.0. The van der Waals surface area contributed by atoms with Gasteiger partial charge in [-0.05, 0) is 6.08 Å². The molecule has 16 heavy (non-hydrogen) atoms. The van der Waals surface area contributed by atoms with Crippen LogP contribution in [-0.4, -0.2) is 23.5 Å². The van der Waals surface area contributed by atoms with Crippen LogP contribution in [0.2, 0.25) is 0 Å². The van der Waals surface area contributed by atoms with Crippen molar-refractivity contribution in [3.05, 3.63) is 47.7 Å². The minimum Gasteiger partial charge on any atom is -0.477 e. The zero-order valence-electron chi connectivity index (χ0n) is 8.50. The molecule has 3 N–H and O–H groups in total. The fourth-order valence-electron chi connectivity index (χ4n) is 1.06. The Labute approximate surface area is 92.6 Å². The van der Waals surface area contributed by atoms with E-state index >= 15 is 0 Å². The van der Waals surface area contributed by atoms with Crippen LogP contribution in [0, 0.1) is 0 Å². The zero-order valence-corrected chi connectivity index (χ0v) is 8.50. The molecule has 0 aliphatic rings. The van der Waals surface area contributed by atoms with Crippen LogP contribution in [-0.2, 0) is 4.79 Å². The smallest absolute Gasteiger partial charge is 0.351 e. The first-order chi connectivity index (χ1) is 7.65. The number of benzene rings is 1. The number of carboxylic acids is 1. The van der Waals surface area contributed by atoms with E-state index < -0.39 is 5.97 Å². The van der Waals surface area contributed by atoms with Crippen LogP contribution in [0.4, 0.5) is 0 Å². The number of carbonyl (C=O) groups is 1. The molecule has 5 heteroatoms. The topological polar surface area (TPSA) is 88.0 Å². The molecule has 0 aliphatic heterocycles. The number of rotatable bonds is 4. The quantitative estimate of drug-likeness (QED) is 0.448. The van der Waals surface area contributed by atoms with Gasteiger partial charge in [0.05, 0.1) is 5.71 Å². The molecule has 5 nitrogen and oxygen atoms in total. The van der Waals surface area contributed by atoms with Gasteiger partial charge in [0.15, 0.2) is 0 Å². The van der Waals surface area contributed by atoms with Gasteiger partial charge in [0.25, 0.3) is 0 Å². The Kier molecular flexibility index (Phi) is 3.97. The number of nitrogens with zero attached hydrogens (tertiary/aromatic N) is 2. The Morgan fingerprint density at radius 3 is 2.50 bits per heavy atom. The molecular formula is C11H11N3O2. The largest absolute Gasteiger partial charge is 0.477 e. The van der Waals surface area contributed by atoms with Crippen LogP contribution < -0.4 is 5.73 Å². The van der Waals surface area contributed by atoms with Gasteiger partial charge in [-0.1, -0.05) is 30.3 Å². The first-order valence-corrected chi connectivity index (χ1v) is 4.44. The Bertz CT molecular complexity index is 450. The van der Waals surface area contributed by atoms with Crippen LogP contribution in [0.15, 0.2) is 52.3 Å². The molecule has 0 heterocycles. The predicted molar refractivity (Wildman–Crippen MR) is 62.4 cm³/mol. The molecule has 0 unspecified atom stereocenters. The summed E-state index contributed by atoms with van der Waals surface area (Å²) in [5.41, 5.74) is 6.08. The van der Waals surface area contributed by atoms with E-state index in [4.69, 9.17) is 10.8 Å². The van der Waals surface area contributed by atoms with Crippen LogP contribution >= 0.6 is 0 Å². The number of hydrogen-bond acceptors (Lipinski definition) is 4. The fraction of sp³-hybridized carbons (Fsp3) is 0. The van der Waals surface area contributed by atoms with E-state index in [1.807, 2.05) is 6.07 Å². The Morgan fingerprint density at radius 1 is 1.38 bits per heavy atom. The van der Waals surface area contributed by atoms with E-state index in [9.17, 15) is 4.79 Å². The summed E-state index contributed by atoms with van der Waals surface area (Å²) in [4.78, 5) is 10.6. The second kappa shape index (κ2) is 5.45. The van der Waals surface area contributed by atoms with Crippen LogP contribution in [0.1, 0.15) is 5.56 Å². The maximum absolute atomic E-state index is 10.6. The molecule has 0 radical (unpaired) electrons. The maximum atomic E-state index is 10.6. The number of hydrogen-bond donors (Lipinski definition) is 2. The molecule has 1 aromatic rings. The van der Waals surface area contributed by atoms with Crippen molar-refractivity contribution in [2.24, 2.45) is 15.9 Å². The van der Waals surface area contributed by atoms with Crippen molar-refractivity contribution < 1.29 is 9.90 Å². The number of aliphatic carboxylic acids is 1. The summed E-state index contributed by atoms with van der Waals surface area (Å²) >= 11 is 0. The molecule has 0 aromatic heterocycles. The molecule has 82 valence electrons. The van der Waals surface area contributed by atoms with Crippen molar-refractivity contribution in [3.63, 3.8) is 0 Å². The molecule has 0 amide bonds. The van der Waals surface area contributed by atoms with E-state index in [1.54, 1.807) is 24.3 Å². The van der Waals surface area contributed by atoms with Gasteiger partial charge in [-0.25, -0.2) is 4.79 Å². The first-order valence-electron chi connectivity index (χ1n) is 4.44. The third kappa shape index (κ3) is 3.06. The van der Waals surface area contributed by atoms with Crippen molar-refractivity contribution in [1.29, 1.82) is 0 Å². The van der Waals surface area contributed by atoms with Gasteiger partial charge in [0, 0.05) is 12.3 Å². The van der Waals surface area contributed by atoms with Crippen LogP contribution in [0.5, 0.6) is 0 Å². The molecule has 0 spiro atoms. The van der Waals surface area contributed by atoms with E-state index in [1.165, 1.54) is 6.08 Å². The van der Waals surface area contributed by atoms with E-state index in [0.29, 0.717) is 5.71 Å². The highest BCUT2D eigenvalue weighted by Gasteiger charge is 2.05. The van der Waals surface area contributed by atoms with Crippen molar-refractivity contribution in [3.8, 4) is 0 Å². The number of carboxylic acid groups (broad SMARTS) is 1. The maximum Gasteiger partial charge on any atom is 0.351 e. The second-order valence-corrected chi connectivity index (χ2v) is 2.90. The monoisotopic (exact) mass is 217 g/mol. The summed E-state index contributed by atoms with van der Waals surface area (Å²) in [5.74, 6) is -1.20. The van der Waals surface area contributed by atoms with Gasteiger partial charge in [-0.3, -0.25) is 0 Å². The minimum absolute atomic E-state index is 0.300. The molecule has 1 aromatic carbocycles. The lowest BCUT2D eigenvalue weighted by Crippen LogP contribution is -2.12. The number of nitrogens with two attached hydrogens (primary N) is 1. The Morgan fingerprint density at radius 2 is 2.00 bits per heavy atom. The Hall–Kier alpha value is -2.43. The van der Waals surface area contributed by atoms with E-state index in [-0.39, 0.29) is 5.70 Å². The lowest BCUT2D eigenvalue weighted by molar-refractivity contribution is -0.132.